The Bertz CT molecular complexity index is 1370. The molecule has 3 aromatic rings. The predicted molar refractivity (Wildman–Crippen MR) is 149 cm³/mol. The summed E-state index contributed by atoms with van der Waals surface area (Å²) in [5.41, 5.74) is 0.917. The minimum Gasteiger partial charge on any atom is -0.496 e. The van der Waals surface area contributed by atoms with Crippen LogP contribution < -0.4 is 25.0 Å². The molecule has 2 aliphatic rings. The lowest BCUT2D eigenvalue weighted by molar-refractivity contribution is -0.130. The van der Waals surface area contributed by atoms with Gasteiger partial charge in [-0.3, -0.25) is 4.79 Å². The number of aromatic carboxylic acids is 1. The number of rotatable bonds is 8. The molecule has 3 N–H and O–H groups in total. The van der Waals surface area contributed by atoms with E-state index in [-0.39, 0.29) is 24.1 Å². The van der Waals surface area contributed by atoms with E-state index in [1.165, 1.54) is 0 Å². The van der Waals surface area contributed by atoms with Crippen LogP contribution in [0.2, 0.25) is 0 Å². The second-order valence-corrected chi connectivity index (χ2v) is 10.2. The van der Waals surface area contributed by atoms with Crippen molar-refractivity contribution in [3.8, 4) is 11.5 Å². The largest absolute Gasteiger partial charge is 0.496 e. The third kappa shape index (κ3) is 5.17. The van der Waals surface area contributed by atoms with Crippen molar-refractivity contribution in [2.45, 2.75) is 44.0 Å². The number of carbonyl (C=O) groups is 2. The molecular weight excluding hydrogens is 498 g/mol. The molecule has 0 unspecified atom stereocenters. The molecule has 2 atom stereocenters. The van der Waals surface area contributed by atoms with Crippen molar-refractivity contribution in [2.75, 3.05) is 38.8 Å². The molecule has 0 bridgehead atoms. The van der Waals surface area contributed by atoms with Crippen molar-refractivity contribution in [3.05, 3.63) is 65.7 Å². The molecule has 206 valence electrons. The van der Waals surface area contributed by atoms with Gasteiger partial charge in [-0.2, -0.15) is 0 Å². The minimum atomic E-state index is -0.991. The number of para-hydroxylation sites is 2. The zero-order valence-electron chi connectivity index (χ0n) is 22.5. The van der Waals surface area contributed by atoms with Gasteiger partial charge in [-0.25, -0.2) is 4.79 Å². The van der Waals surface area contributed by atoms with Crippen LogP contribution in [0.1, 0.15) is 35.7 Å². The number of likely N-dealkylation sites (N-methyl/N-ethyl adjacent to an activating group) is 1. The summed E-state index contributed by atoms with van der Waals surface area (Å²) in [6.07, 6.45) is 1.17. The van der Waals surface area contributed by atoms with Gasteiger partial charge in [0.25, 0.3) is 0 Å². The molecule has 1 spiro atoms. The molecule has 0 saturated carbocycles. The summed E-state index contributed by atoms with van der Waals surface area (Å²) in [5.74, 6) is 0.182. The van der Waals surface area contributed by atoms with Crippen molar-refractivity contribution >= 4 is 28.3 Å². The molecule has 9 nitrogen and oxygen atoms in total. The fraction of sp³-hybridized carbons (Fsp3) is 0.400. The molecule has 39 heavy (non-hydrogen) atoms. The lowest BCUT2D eigenvalue weighted by atomic mass is 9.84. The number of methoxy groups -OCH3 is 1. The molecule has 2 heterocycles. The Morgan fingerprint density at radius 1 is 1.18 bits per heavy atom. The summed E-state index contributed by atoms with van der Waals surface area (Å²) in [6, 6.07) is 15.8. The summed E-state index contributed by atoms with van der Waals surface area (Å²) < 4.78 is 18.2. The molecule has 1 fully saturated rings. The van der Waals surface area contributed by atoms with Crippen LogP contribution in [0.3, 0.4) is 0 Å². The van der Waals surface area contributed by atoms with Crippen LogP contribution in [0.25, 0.3) is 10.8 Å². The number of hydrogen-bond acceptors (Lipinski definition) is 7. The number of ether oxygens (including phenoxy) is 3. The number of hydrogen-bond donors (Lipinski definition) is 3. The molecule has 0 radical (unpaired) electrons. The SMILES string of the molecule is CN[C@@H](C)CN[C@@H]1C(=O)N(Cc2c(OC)ccc3cc(C(=O)O)ccc23)c2ccccc2OC12CCOCC2. The van der Waals surface area contributed by atoms with Crippen molar-refractivity contribution in [2.24, 2.45) is 0 Å². The summed E-state index contributed by atoms with van der Waals surface area (Å²) in [6.45, 7) is 3.89. The number of anilines is 1. The van der Waals surface area contributed by atoms with E-state index < -0.39 is 17.6 Å². The number of carboxylic acid groups (broad SMARTS) is 1. The number of nitrogens with one attached hydrogen (secondary N) is 2. The predicted octanol–water partition coefficient (Wildman–Crippen LogP) is 3.59. The molecule has 0 aromatic heterocycles. The van der Waals surface area contributed by atoms with Gasteiger partial charge < -0.3 is 34.9 Å². The Hall–Kier alpha value is -3.66. The van der Waals surface area contributed by atoms with E-state index >= 15 is 0 Å². The van der Waals surface area contributed by atoms with Crippen LogP contribution in [0.5, 0.6) is 11.5 Å². The van der Waals surface area contributed by atoms with Gasteiger partial charge in [0.05, 0.1) is 38.1 Å². The summed E-state index contributed by atoms with van der Waals surface area (Å²) in [4.78, 5) is 27.9. The fourth-order valence-corrected chi connectivity index (χ4v) is 5.50. The number of carboxylic acids is 1. The second-order valence-electron chi connectivity index (χ2n) is 10.2. The van der Waals surface area contributed by atoms with Crippen LogP contribution in [0, 0.1) is 0 Å². The molecule has 1 saturated heterocycles. The van der Waals surface area contributed by atoms with E-state index in [2.05, 4.69) is 17.6 Å². The zero-order chi connectivity index (χ0) is 27.6. The van der Waals surface area contributed by atoms with Crippen LogP contribution >= 0.6 is 0 Å². The first-order valence-electron chi connectivity index (χ1n) is 13.3. The van der Waals surface area contributed by atoms with Crippen molar-refractivity contribution in [3.63, 3.8) is 0 Å². The molecule has 0 aliphatic carbocycles. The first-order chi connectivity index (χ1) is 18.9. The number of carbonyl (C=O) groups excluding carboxylic acids is 1. The van der Waals surface area contributed by atoms with Crippen molar-refractivity contribution in [1.29, 1.82) is 0 Å². The average Bonchev–Trinajstić information content (AvgIpc) is 3.04. The maximum absolute atomic E-state index is 14.6. The topological polar surface area (TPSA) is 109 Å². The van der Waals surface area contributed by atoms with Crippen LogP contribution in [0.4, 0.5) is 5.69 Å². The van der Waals surface area contributed by atoms with E-state index in [0.29, 0.717) is 49.8 Å². The Morgan fingerprint density at radius 2 is 1.95 bits per heavy atom. The average molecular weight is 534 g/mol. The second kappa shape index (κ2) is 11.2. The minimum absolute atomic E-state index is 0.0913. The molecule has 2 aliphatic heterocycles. The molecule has 1 amide bonds. The number of benzene rings is 3. The standard InChI is InChI=1S/C30H35N3O6/c1-19(31-2)17-32-27-28(34)33(24-6-4-5-7-26(24)39-30(27)12-14-38-15-13-30)18-23-22-10-8-21(29(35)36)16-20(22)9-11-25(23)37-3/h4-11,16,19,27,31-32H,12-15,17-18H2,1-3H3,(H,35,36)/t19-,27+/m0/s1. The highest BCUT2D eigenvalue weighted by Gasteiger charge is 2.50. The Balaban J connectivity index is 1.62. The van der Waals surface area contributed by atoms with Crippen LogP contribution in [-0.4, -0.2) is 68.6 Å². The van der Waals surface area contributed by atoms with E-state index in [9.17, 15) is 14.7 Å². The Morgan fingerprint density at radius 3 is 2.67 bits per heavy atom. The summed E-state index contributed by atoms with van der Waals surface area (Å²) in [7, 11) is 3.49. The first kappa shape index (κ1) is 26.9. The molecule has 9 heteroatoms. The van der Waals surface area contributed by atoms with Crippen LogP contribution in [0.15, 0.2) is 54.6 Å². The summed E-state index contributed by atoms with van der Waals surface area (Å²) >= 11 is 0. The monoisotopic (exact) mass is 533 g/mol. The summed E-state index contributed by atoms with van der Waals surface area (Å²) in [5, 5.41) is 17.8. The maximum Gasteiger partial charge on any atom is 0.335 e. The maximum atomic E-state index is 14.6. The normalized spacial score (nSPS) is 19.3. The number of nitrogens with zero attached hydrogens (tertiary/aromatic N) is 1. The zero-order valence-corrected chi connectivity index (χ0v) is 22.5. The van der Waals surface area contributed by atoms with E-state index in [1.807, 2.05) is 43.4 Å². The van der Waals surface area contributed by atoms with Gasteiger partial charge in [-0.15, -0.1) is 0 Å². The van der Waals surface area contributed by atoms with Gasteiger partial charge in [-0.05, 0) is 55.1 Å². The van der Waals surface area contributed by atoms with E-state index in [1.54, 1.807) is 30.2 Å². The van der Waals surface area contributed by atoms with E-state index in [4.69, 9.17) is 14.2 Å². The first-order valence-corrected chi connectivity index (χ1v) is 13.3. The van der Waals surface area contributed by atoms with Gasteiger partial charge in [0.15, 0.2) is 0 Å². The van der Waals surface area contributed by atoms with Crippen molar-refractivity contribution in [1.82, 2.24) is 10.6 Å². The fourth-order valence-electron chi connectivity index (χ4n) is 5.50. The highest BCUT2D eigenvalue weighted by atomic mass is 16.5. The lowest BCUT2D eigenvalue weighted by Crippen LogP contribution is -2.63. The van der Waals surface area contributed by atoms with Crippen LogP contribution in [-0.2, 0) is 16.1 Å². The quantitative estimate of drug-likeness (QED) is 0.403. The van der Waals surface area contributed by atoms with Gasteiger partial charge >= 0.3 is 5.97 Å². The van der Waals surface area contributed by atoms with Crippen molar-refractivity contribution < 1.29 is 28.9 Å². The smallest absolute Gasteiger partial charge is 0.335 e. The van der Waals surface area contributed by atoms with Gasteiger partial charge in [0, 0.05) is 31.0 Å². The molecular formula is C30H35N3O6. The lowest BCUT2D eigenvalue weighted by Gasteiger charge is -2.42. The number of amides is 1. The molecule has 3 aromatic carbocycles. The Labute approximate surface area is 228 Å². The Kier molecular flexibility index (Phi) is 7.74. The highest BCUT2D eigenvalue weighted by Crippen LogP contribution is 2.42. The number of fused-ring (bicyclic) bond motifs is 2. The third-order valence-electron chi connectivity index (χ3n) is 7.84. The van der Waals surface area contributed by atoms with Gasteiger partial charge in [-0.1, -0.05) is 24.3 Å². The highest BCUT2D eigenvalue weighted by molar-refractivity contribution is 6.01. The molecule has 5 rings (SSSR count). The third-order valence-corrected chi connectivity index (χ3v) is 7.84. The van der Waals surface area contributed by atoms with Gasteiger partial charge in [0.2, 0.25) is 5.91 Å². The van der Waals surface area contributed by atoms with Gasteiger partial charge in [0.1, 0.15) is 23.1 Å². The van der Waals surface area contributed by atoms with E-state index in [0.717, 1.165) is 16.3 Å².